The summed E-state index contributed by atoms with van der Waals surface area (Å²) in [5.41, 5.74) is 6.44. The monoisotopic (exact) mass is 282 g/mol. The van der Waals surface area contributed by atoms with Crippen molar-refractivity contribution in [2.24, 2.45) is 0 Å². The van der Waals surface area contributed by atoms with Gasteiger partial charge in [-0.3, -0.25) is 9.69 Å². The average molecular weight is 283 g/mol. The molecule has 0 atom stereocenters. The summed E-state index contributed by atoms with van der Waals surface area (Å²) in [6.45, 7) is 6.42. The lowest BCUT2D eigenvalue weighted by Gasteiger charge is -2.45. The number of carbonyl (C=O) groups is 1. The zero-order chi connectivity index (χ0) is 14.2. The van der Waals surface area contributed by atoms with E-state index >= 15 is 0 Å². The van der Waals surface area contributed by atoms with E-state index in [2.05, 4.69) is 30.8 Å². The Balaban J connectivity index is 2.23. The van der Waals surface area contributed by atoms with Crippen molar-refractivity contribution in [2.45, 2.75) is 19.4 Å². The lowest BCUT2D eigenvalue weighted by Crippen LogP contribution is -2.58. The van der Waals surface area contributed by atoms with Crippen molar-refractivity contribution in [3.63, 3.8) is 0 Å². The van der Waals surface area contributed by atoms with Crippen molar-refractivity contribution in [1.29, 1.82) is 0 Å². The number of rotatable bonds is 1. The van der Waals surface area contributed by atoms with Gasteiger partial charge in [0.15, 0.2) is 0 Å². The maximum Gasteiger partial charge on any atom is 0.257 e. The molecular weight excluding hydrogens is 264 g/mol. The van der Waals surface area contributed by atoms with Crippen molar-refractivity contribution in [3.05, 3.63) is 23.0 Å². The molecule has 2 heterocycles. The van der Waals surface area contributed by atoms with Crippen LogP contribution < -0.4 is 5.73 Å². The molecule has 1 amide bonds. The second-order valence-corrected chi connectivity index (χ2v) is 5.93. The van der Waals surface area contributed by atoms with Crippen molar-refractivity contribution in [3.8, 4) is 0 Å². The van der Waals surface area contributed by atoms with Gasteiger partial charge in [0.1, 0.15) is 5.15 Å². The van der Waals surface area contributed by atoms with Gasteiger partial charge in [-0.25, -0.2) is 4.98 Å². The minimum absolute atomic E-state index is 0.0475. The van der Waals surface area contributed by atoms with E-state index < -0.39 is 0 Å². The Kier molecular flexibility index (Phi) is 3.69. The summed E-state index contributed by atoms with van der Waals surface area (Å²) in [5.74, 6) is -0.106. The highest BCUT2D eigenvalue weighted by atomic mass is 35.5. The quantitative estimate of drug-likeness (QED) is 0.793. The fourth-order valence-electron chi connectivity index (χ4n) is 2.20. The normalized spacial score (nSPS) is 19.5. The Morgan fingerprint density at radius 1 is 1.47 bits per heavy atom. The van der Waals surface area contributed by atoms with E-state index in [-0.39, 0.29) is 16.6 Å². The van der Waals surface area contributed by atoms with Gasteiger partial charge in [-0.1, -0.05) is 11.6 Å². The molecule has 0 saturated carbocycles. The first-order valence-electron chi connectivity index (χ1n) is 6.23. The second kappa shape index (κ2) is 4.98. The number of hydrogen-bond acceptors (Lipinski definition) is 4. The number of likely N-dealkylation sites (N-methyl/N-ethyl adjacent to an activating group) is 1. The molecule has 0 unspecified atom stereocenters. The summed E-state index contributed by atoms with van der Waals surface area (Å²) in [6, 6.07) is 1.59. The van der Waals surface area contributed by atoms with E-state index in [9.17, 15) is 4.79 Å². The fourth-order valence-corrected chi connectivity index (χ4v) is 2.38. The van der Waals surface area contributed by atoms with Gasteiger partial charge in [-0.2, -0.15) is 0 Å². The van der Waals surface area contributed by atoms with Crippen LogP contribution in [0.3, 0.4) is 0 Å². The zero-order valence-electron chi connectivity index (χ0n) is 11.5. The third-order valence-corrected chi connectivity index (χ3v) is 4.00. The highest BCUT2D eigenvalue weighted by Gasteiger charge is 2.34. The predicted molar refractivity (Wildman–Crippen MR) is 76.3 cm³/mol. The van der Waals surface area contributed by atoms with Crippen molar-refractivity contribution in [1.82, 2.24) is 14.8 Å². The smallest absolute Gasteiger partial charge is 0.257 e. The predicted octanol–water partition coefficient (Wildman–Crippen LogP) is 1.48. The summed E-state index contributed by atoms with van der Waals surface area (Å²) < 4.78 is 0. The van der Waals surface area contributed by atoms with E-state index in [1.165, 1.54) is 6.20 Å². The first kappa shape index (κ1) is 14.1. The maximum atomic E-state index is 12.5. The Bertz CT molecular complexity index is 503. The molecule has 6 heteroatoms. The molecule has 0 spiro atoms. The molecule has 0 radical (unpaired) electrons. The number of amides is 1. The van der Waals surface area contributed by atoms with Crippen molar-refractivity contribution < 1.29 is 4.79 Å². The van der Waals surface area contributed by atoms with Crippen LogP contribution in [0.25, 0.3) is 0 Å². The van der Waals surface area contributed by atoms with Gasteiger partial charge < -0.3 is 10.6 Å². The van der Waals surface area contributed by atoms with Crippen LogP contribution >= 0.6 is 11.6 Å². The number of aromatic nitrogens is 1. The fraction of sp³-hybridized carbons (Fsp3) is 0.538. The summed E-state index contributed by atoms with van der Waals surface area (Å²) in [7, 11) is 2.07. The molecule has 1 saturated heterocycles. The van der Waals surface area contributed by atoms with E-state index in [1.54, 1.807) is 6.07 Å². The van der Waals surface area contributed by atoms with Crippen LogP contribution in [0.4, 0.5) is 5.69 Å². The molecule has 2 N–H and O–H groups in total. The highest BCUT2D eigenvalue weighted by molar-refractivity contribution is 6.32. The Morgan fingerprint density at radius 2 is 2.16 bits per heavy atom. The van der Waals surface area contributed by atoms with Gasteiger partial charge in [0.05, 0.1) is 17.4 Å². The van der Waals surface area contributed by atoms with E-state index in [4.69, 9.17) is 17.3 Å². The zero-order valence-corrected chi connectivity index (χ0v) is 12.2. The number of halogens is 1. The van der Waals surface area contributed by atoms with Gasteiger partial charge in [0.2, 0.25) is 0 Å². The van der Waals surface area contributed by atoms with Gasteiger partial charge in [-0.15, -0.1) is 0 Å². The Labute approximate surface area is 118 Å². The number of anilines is 1. The molecule has 1 fully saturated rings. The third kappa shape index (κ3) is 2.82. The SMILES string of the molecule is CN1CCN(C(=O)c2cc(N)cnc2Cl)CC1(C)C. The van der Waals surface area contributed by atoms with E-state index in [0.717, 1.165) is 6.54 Å². The van der Waals surface area contributed by atoms with E-state index in [1.807, 2.05) is 4.90 Å². The van der Waals surface area contributed by atoms with Crippen LogP contribution in [0.1, 0.15) is 24.2 Å². The van der Waals surface area contributed by atoms with Gasteiger partial charge in [0, 0.05) is 25.2 Å². The van der Waals surface area contributed by atoms with Crippen LogP contribution in [-0.4, -0.2) is 52.9 Å². The second-order valence-electron chi connectivity index (χ2n) is 5.57. The highest BCUT2D eigenvalue weighted by Crippen LogP contribution is 2.23. The first-order valence-corrected chi connectivity index (χ1v) is 6.60. The van der Waals surface area contributed by atoms with Gasteiger partial charge in [0.25, 0.3) is 5.91 Å². The largest absolute Gasteiger partial charge is 0.397 e. The van der Waals surface area contributed by atoms with Crippen molar-refractivity contribution >= 4 is 23.2 Å². The molecule has 1 aliphatic rings. The topological polar surface area (TPSA) is 62.5 Å². The summed E-state index contributed by atoms with van der Waals surface area (Å²) in [4.78, 5) is 20.5. The standard InChI is InChI=1S/C13H19ClN4O/c1-13(2)8-18(5-4-17(13)3)12(19)10-6-9(15)7-16-11(10)14/h6-7H,4-5,8,15H2,1-3H3. The average Bonchev–Trinajstić information content (AvgIpc) is 2.35. The molecule has 2 rings (SSSR count). The van der Waals surface area contributed by atoms with Crippen LogP contribution in [0.5, 0.6) is 0 Å². The van der Waals surface area contributed by atoms with Crippen LogP contribution in [0.2, 0.25) is 5.15 Å². The summed E-state index contributed by atoms with van der Waals surface area (Å²) in [5, 5.41) is 0.205. The lowest BCUT2D eigenvalue weighted by atomic mass is 9.99. The maximum absolute atomic E-state index is 12.5. The number of nitrogens with zero attached hydrogens (tertiary/aromatic N) is 3. The minimum atomic E-state index is -0.106. The molecule has 0 aliphatic carbocycles. The van der Waals surface area contributed by atoms with Crippen molar-refractivity contribution in [2.75, 3.05) is 32.4 Å². The summed E-state index contributed by atoms with van der Waals surface area (Å²) >= 11 is 5.99. The number of piperazine rings is 1. The molecule has 104 valence electrons. The number of carbonyl (C=O) groups excluding carboxylic acids is 1. The molecule has 1 aromatic rings. The van der Waals surface area contributed by atoms with Crippen LogP contribution in [0.15, 0.2) is 12.3 Å². The molecule has 19 heavy (non-hydrogen) atoms. The van der Waals surface area contributed by atoms with Crippen LogP contribution in [0, 0.1) is 0 Å². The number of pyridine rings is 1. The molecule has 0 bridgehead atoms. The summed E-state index contributed by atoms with van der Waals surface area (Å²) in [6.07, 6.45) is 1.45. The molecule has 5 nitrogen and oxygen atoms in total. The van der Waals surface area contributed by atoms with Crippen LogP contribution in [-0.2, 0) is 0 Å². The Hall–Kier alpha value is -1.33. The molecular formula is C13H19ClN4O. The molecule has 1 aliphatic heterocycles. The molecule has 1 aromatic heterocycles. The third-order valence-electron chi connectivity index (χ3n) is 3.69. The van der Waals surface area contributed by atoms with E-state index in [0.29, 0.717) is 24.3 Å². The van der Waals surface area contributed by atoms with Gasteiger partial charge >= 0.3 is 0 Å². The number of nitrogen functional groups attached to an aromatic ring is 1. The minimum Gasteiger partial charge on any atom is -0.397 e. The number of nitrogens with two attached hydrogens (primary N) is 1. The number of hydrogen-bond donors (Lipinski definition) is 1. The lowest BCUT2D eigenvalue weighted by molar-refractivity contribution is 0.0311. The Morgan fingerprint density at radius 3 is 2.79 bits per heavy atom. The van der Waals surface area contributed by atoms with Gasteiger partial charge in [-0.05, 0) is 27.0 Å². The molecule has 0 aromatic carbocycles. The first-order chi connectivity index (χ1) is 8.81.